The number of methoxy groups -OCH3 is 3. The van der Waals surface area contributed by atoms with Gasteiger partial charge in [-0.15, -0.1) is 0 Å². The van der Waals surface area contributed by atoms with Crippen molar-refractivity contribution in [1.29, 1.82) is 0 Å². The molecule has 1 aliphatic rings. The normalized spacial score (nSPS) is 18.4. The van der Waals surface area contributed by atoms with Crippen LogP contribution in [0.4, 0.5) is 0 Å². The first kappa shape index (κ1) is 24.4. The lowest BCUT2D eigenvalue weighted by Gasteiger charge is -2.15. The van der Waals surface area contributed by atoms with Crippen molar-refractivity contribution in [3.63, 3.8) is 0 Å². The lowest BCUT2D eigenvalue weighted by Crippen LogP contribution is -2.13. The standard InChI is InChI=1S/C24H32O7/c1-29-21-14-17(15-22(30-2)24(21)31-3)19(25)12-10-16-11-13-20(26)18(16)8-6-4-5-7-9-23(27)28/h10,12,14-16,18H,4-9,11,13H2,1-3H3,(H,27,28)/t16-,18+/m1/s1. The van der Waals surface area contributed by atoms with Crippen molar-refractivity contribution in [3.8, 4) is 17.2 Å². The molecule has 0 radical (unpaired) electrons. The summed E-state index contributed by atoms with van der Waals surface area (Å²) in [4.78, 5) is 35.6. The minimum Gasteiger partial charge on any atom is -0.493 e. The van der Waals surface area contributed by atoms with Crippen LogP contribution in [0.15, 0.2) is 24.3 Å². The molecule has 1 saturated carbocycles. The SMILES string of the molecule is COc1cc(C(=O)C=C[C@@H]2CCC(=O)[C@H]2CCCCCCC(=O)O)cc(OC)c1OC. The summed E-state index contributed by atoms with van der Waals surface area (Å²) in [6, 6.07) is 3.23. The molecule has 0 amide bonds. The highest BCUT2D eigenvalue weighted by molar-refractivity contribution is 6.05. The minimum absolute atomic E-state index is 0.0532. The zero-order chi connectivity index (χ0) is 22.8. The predicted molar refractivity (Wildman–Crippen MR) is 116 cm³/mol. The third-order valence-corrected chi connectivity index (χ3v) is 5.75. The number of Topliss-reactive ketones (excluding diaryl/α,β-unsaturated/α-hetero) is 1. The summed E-state index contributed by atoms with van der Waals surface area (Å²) in [7, 11) is 4.50. The molecule has 31 heavy (non-hydrogen) atoms. The topological polar surface area (TPSA) is 99.1 Å². The summed E-state index contributed by atoms with van der Waals surface area (Å²) in [5.41, 5.74) is 0.421. The van der Waals surface area contributed by atoms with E-state index in [9.17, 15) is 14.4 Å². The molecule has 7 heteroatoms. The molecule has 0 saturated heterocycles. The van der Waals surface area contributed by atoms with E-state index in [1.807, 2.05) is 6.08 Å². The monoisotopic (exact) mass is 432 g/mol. The van der Waals surface area contributed by atoms with Gasteiger partial charge in [0.25, 0.3) is 0 Å². The molecule has 0 heterocycles. The molecule has 2 atom stereocenters. The maximum absolute atomic E-state index is 12.7. The van der Waals surface area contributed by atoms with Gasteiger partial charge in [-0.1, -0.05) is 25.3 Å². The van der Waals surface area contributed by atoms with Gasteiger partial charge in [0, 0.05) is 24.3 Å². The van der Waals surface area contributed by atoms with Crippen molar-refractivity contribution >= 4 is 17.5 Å². The van der Waals surface area contributed by atoms with Gasteiger partial charge in [-0.25, -0.2) is 0 Å². The van der Waals surface area contributed by atoms with E-state index < -0.39 is 5.97 Å². The summed E-state index contributed by atoms with van der Waals surface area (Å²) in [5.74, 6) is 0.529. The molecule has 1 aromatic rings. The van der Waals surface area contributed by atoms with Crippen LogP contribution in [0, 0.1) is 11.8 Å². The van der Waals surface area contributed by atoms with E-state index in [0.29, 0.717) is 35.7 Å². The quantitative estimate of drug-likeness (QED) is 0.279. The van der Waals surface area contributed by atoms with Crippen LogP contribution in [-0.4, -0.2) is 44.0 Å². The number of ether oxygens (including phenoxy) is 3. The van der Waals surface area contributed by atoms with Gasteiger partial charge < -0.3 is 19.3 Å². The number of hydrogen-bond acceptors (Lipinski definition) is 6. The summed E-state index contributed by atoms with van der Waals surface area (Å²) < 4.78 is 15.9. The largest absolute Gasteiger partial charge is 0.493 e. The number of rotatable bonds is 13. The molecule has 0 unspecified atom stereocenters. The van der Waals surface area contributed by atoms with Gasteiger partial charge in [-0.2, -0.15) is 0 Å². The van der Waals surface area contributed by atoms with E-state index in [2.05, 4.69) is 0 Å². The van der Waals surface area contributed by atoms with Crippen molar-refractivity contribution in [2.75, 3.05) is 21.3 Å². The molecule has 0 aromatic heterocycles. The van der Waals surface area contributed by atoms with E-state index in [-0.39, 0.29) is 29.8 Å². The van der Waals surface area contributed by atoms with E-state index in [0.717, 1.165) is 32.1 Å². The van der Waals surface area contributed by atoms with Crippen LogP contribution >= 0.6 is 0 Å². The second-order valence-electron chi connectivity index (χ2n) is 7.76. The predicted octanol–water partition coefficient (Wildman–Crippen LogP) is 4.47. The molecule has 2 rings (SSSR count). The number of carboxylic acids is 1. The highest BCUT2D eigenvalue weighted by Crippen LogP contribution is 2.38. The van der Waals surface area contributed by atoms with Gasteiger partial charge in [0.2, 0.25) is 5.75 Å². The van der Waals surface area contributed by atoms with E-state index in [1.54, 1.807) is 12.1 Å². The highest BCUT2D eigenvalue weighted by atomic mass is 16.5. The Morgan fingerprint density at radius 1 is 1.03 bits per heavy atom. The number of carbonyl (C=O) groups excluding carboxylic acids is 2. The Morgan fingerprint density at radius 3 is 2.26 bits per heavy atom. The number of benzene rings is 1. The maximum atomic E-state index is 12.7. The number of unbranched alkanes of at least 4 members (excludes halogenated alkanes) is 3. The first-order valence-corrected chi connectivity index (χ1v) is 10.7. The van der Waals surface area contributed by atoms with Crippen LogP contribution in [0.2, 0.25) is 0 Å². The Hall–Kier alpha value is -2.83. The van der Waals surface area contributed by atoms with Gasteiger partial charge in [0.05, 0.1) is 21.3 Å². The minimum atomic E-state index is -0.770. The van der Waals surface area contributed by atoms with Crippen LogP contribution < -0.4 is 14.2 Å². The molecule has 1 fully saturated rings. The summed E-state index contributed by atoms with van der Waals surface area (Å²) in [5, 5.41) is 8.68. The Labute approximate surface area is 183 Å². The van der Waals surface area contributed by atoms with Crippen molar-refractivity contribution < 1.29 is 33.7 Å². The van der Waals surface area contributed by atoms with Gasteiger partial charge in [0.1, 0.15) is 5.78 Å². The van der Waals surface area contributed by atoms with E-state index >= 15 is 0 Å². The smallest absolute Gasteiger partial charge is 0.303 e. The lowest BCUT2D eigenvalue weighted by atomic mass is 9.89. The van der Waals surface area contributed by atoms with Crippen LogP contribution in [-0.2, 0) is 9.59 Å². The van der Waals surface area contributed by atoms with Gasteiger partial charge in [0.15, 0.2) is 17.3 Å². The third-order valence-electron chi connectivity index (χ3n) is 5.75. The number of hydrogen-bond donors (Lipinski definition) is 1. The van der Waals surface area contributed by atoms with Crippen LogP contribution in [0.1, 0.15) is 61.7 Å². The summed E-state index contributed by atoms with van der Waals surface area (Å²) in [6.45, 7) is 0. The average molecular weight is 433 g/mol. The molecule has 0 aliphatic heterocycles. The molecular weight excluding hydrogens is 400 g/mol. The van der Waals surface area contributed by atoms with Gasteiger partial charge >= 0.3 is 5.97 Å². The molecule has 1 N–H and O–H groups in total. The van der Waals surface area contributed by atoms with Crippen molar-refractivity contribution in [2.24, 2.45) is 11.8 Å². The Kier molecular flexibility index (Phi) is 9.56. The Bertz CT molecular complexity index is 787. The Balaban J connectivity index is 1.99. The first-order chi connectivity index (χ1) is 14.9. The zero-order valence-corrected chi connectivity index (χ0v) is 18.5. The van der Waals surface area contributed by atoms with Gasteiger partial charge in [-0.3, -0.25) is 14.4 Å². The average Bonchev–Trinajstić information content (AvgIpc) is 3.12. The second-order valence-corrected chi connectivity index (χ2v) is 7.76. The van der Waals surface area contributed by atoms with Crippen LogP contribution in [0.25, 0.3) is 0 Å². The number of ketones is 2. The Morgan fingerprint density at radius 2 is 1.68 bits per heavy atom. The third kappa shape index (κ3) is 6.84. The van der Waals surface area contributed by atoms with Crippen LogP contribution in [0.5, 0.6) is 17.2 Å². The molecule has 1 aliphatic carbocycles. The van der Waals surface area contributed by atoms with Crippen LogP contribution in [0.3, 0.4) is 0 Å². The fourth-order valence-electron chi connectivity index (χ4n) is 4.06. The number of allylic oxidation sites excluding steroid dienone is 2. The highest BCUT2D eigenvalue weighted by Gasteiger charge is 2.32. The first-order valence-electron chi connectivity index (χ1n) is 10.7. The summed E-state index contributed by atoms with van der Waals surface area (Å²) in [6.07, 6.45) is 8.97. The number of aliphatic carboxylic acids is 1. The molecule has 170 valence electrons. The van der Waals surface area contributed by atoms with Crippen molar-refractivity contribution in [2.45, 2.75) is 51.4 Å². The fraction of sp³-hybridized carbons (Fsp3) is 0.542. The summed E-state index contributed by atoms with van der Waals surface area (Å²) >= 11 is 0. The zero-order valence-electron chi connectivity index (χ0n) is 18.5. The molecular formula is C24H32O7. The fourth-order valence-corrected chi connectivity index (χ4v) is 4.06. The van der Waals surface area contributed by atoms with Crippen molar-refractivity contribution in [1.82, 2.24) is 0 Å². The second kappa shape index (κ2) is 12.1. The molecule has 1 aromatic carbocycles. The van der Waals surface area contributed by atoms with Crippen molar-refractivity contribution in [3.05, 3.63) is 29.8 Å². The molecule has 0 spiro atoms. The molecule has 0 bridgehead atoms. The van der Waals surface area contributed by atoms with E-state index in [1.165, 1.54) is 27.4 Å². The maximum Gasteiger partial charge on any atom is 0.303 e. The van der Waals surface area contributed by atoms with Gasteiger partial charge in [-0.05, 0) is 43.4 Å². The molecule has 7 nitrogen and oxygen atoms in total. The number of carboxylic acid groups (broad SMARTS) is 1. The van der Waals surface area contributed by atoms with E-state index in [4.69, 9.17) is 19.3 Å². The number of carbonyl (C=O) groups is 3. The lowest BCUT2D eigenvalue weighted by molar-refractivity contribution is -0.137.